The molecule has 23 heavy (non-hydrogen) atoms. The second-order valence-electron chi connectivity index (χ2n) is 4.88. The van der Waals surface area contributed by atoms with Crippen LogP contribution in [0.1, 0.15) is 33.1 Å². The lowest BCUT2D eigenvalue weighted by Gasteiger charge is -2.11. The van der Waals surface area contributed by atoms with Gasteiger partial charge in [0, 0.05) is 18.8 Å². The van der Waals surface area contributed by atoms with Crippen LogP contribution in [0, 0.1) is 5.82 Å². The number of carbonyl (C=O) groups is 1. The molecule has 0 aliphatic rings. The average molecular weight is 436 g/mol. The van der Waals surface area contributed by atoms with Gasteiger partial charge >= 0.3 is 0 Å². The zero-order valence-electron chi connectivity index (χ0n) is 13.7. The summed E-state index contributed by atoms with van der Waals surface area (Å²) in [6.45, 7) is 5.71. The molecule has 1 rings (SSSR count). The number of benzene rings is 1. The number of halogens is 2. The van der Waals surface area contributed by atoms with Crippen molar-refractivity contribution in [3.05, 3.63) is 30.1 Å². The lowest BCUT2D eigenvalue weighted by atomic mass is 10.2. The number of amides is 1. The van der Waals surface area contributed by atoms with E-state index in [2.05, 4.69) is 27.9 Å². The number of unbranched alkanes of at least 4 members (excludes halogenated alkanes) is 2. The maximum Gasteiger partial charge on any atom is 0.246 e. The molecule has 5 nitrogen and oxygen atoms in total. The van der Waals surface area contributed by atoms with Crippen molar-refractivity contribution in [2.45, 2.75) is 33.1 Å². The molecule has 1 amide bonds. The van der Waals surface area contributed by atoms with Crippen molar-refractivity contribution < 1.29 is 9.18 Å². The van der Waals surface area contributed by atoms with E-state index in [1.165, 1.54) is 24.3 Å². The lowest BCUT2D eigenvalue weighted by Crippen LogP contribution is -2.38. The van der Waals surface area contributed by atoms with Crippen LogP contribution in [0.25, 0.3) is 0 Å². The number of hydrogen-bond acceptors (Lipinski definition) is 2. The minimum Gasteiger partial charge on any atom is -0.357 e. The van der Waals surface area contributed by atoms with Crippen molar-refractivity contribution in [3.8, 4) is 0 Å². The SMILES string of the molecule is CCCCCNC(=NCC(=O)Nc1ccc(F)cc1)NCC.I. The molecule has 130 valence electrons. The molecule has 3 N–H and O–H groups in total. The van der Waals surface area contributed by atoms with Gasteiger partial charge in [0.1, 0.15) is 12.4 Å². The molecule has 1 aromatic rings. The average Bonchev–Trinajstić information content (AvgIpc) is 2.51. The van der Waals surface area contributed by atoms with Crippen LogP contribution in [0.15, 0.2) is 29.3 Å². The largest absolute Gasteiger partial charge is 0.357 e. The van der Waals surface area contributed by atoms with Crippen molar-refractivity contribution >= 4 is 41.5 Å². The summed E-state index contributed by atoms with van der Waals surface area (Å²) in [7, 11) is 0. The van der Waals surface area contributed by atoms with Crippen molar-refractivity contribution in [2.75, 3.05) is 25.0 Å². The summed E-state index contributed by atoms with van der Waals surface area (Å²) in [6, 6.07) is 5.65. The second-order valence-corrected chi connectivity index (χ2v) is 4.88. The molecule has 0 radical (unpaired) electrons. The summed E-state index contributed by atoms with van der Waals surface area (Å²) >= 11 is 0. The zero-order valence-corrected chi connectivity index (χ0v) is 16.0. The van der Waals surface area contributed by atoms with Gasteiger partial charge in [-0.2, -0.15) is 0 Å². The van der Waals surface area contributed by atoms with Gasteiger partial charge in [0.25, 0.3) is 0 Å². The van der Waals surface area contributed by atoms with Crippen molar-refractivity contribution in [3.63, 3.8) is 0 Å². The van der Waals surface area contributed by atoms with Crippen LogP contribution in [-0.2, 0) is 4.79 Å². The Morgan fingerprint density at radius 3 is 2.43 bits per heavy atom. The molecule has 0 fully saturated rings. The van der Waals surface area contributed by atoms with E-state index in [1.54, 1.807) is 0 Å². The summed E-state index contributed by atoms with van der Waals surface area (Å²) in [5.74, 6) is 0.0620. The number of rotatable bonds is 8. The van der Waals surface area contributed by atoms with E-state index in [-0.39, 0.29) is 42.2 Å². The van der Waals surface area contributed by atoms with Gasteiger partial charge in [-0.1, -0.05) is 19.8 Å². The molecule has 1 aromatic carbocycles. The smallest absolute Gasteiger partial charge is 0.246 e. The fourth-order valence-electron chi connectivity index (χ4n) is 1.81. The molecule has 0 saturated carbocycles. The van der Waals surface area contributed by atoms with E-state index in [0.29, 0.717) is 11.6 Å². The van der Waals surface area contributed by atoms with Gasteiger partial charge in [-0.3, -0.25) is 4.79 Å². The molecule has 0 spiro atoms. The van der Waals surface area contributed by atoms with Crippen molar-refractivity contribution in [1.29, 1.82) is 0 Å². The number of carbonyl (C=O) groups excluding carboxylic acids is 1. The summed E-state index contributed by atoms with van der Waals surface area (Å²) in [5.41, 5.74) is 0.558. The minimum atomic E-state index is -0.332. The molecule has 0 heterocycles. The molecule has 0 unspecified atom stereocenters. The Hall–Kier alpha value is -1.38. The second kappa shape index (κ2) is 13.1. The first kappa shape index (κ1) is 21.6. The van der Waals surface area contributed by atoms with Crippen molar-refractivity contribution in [2.24, 2.45) is 4.99 Å². The molecule has 0 aliphatic carbocycles. The van der Waals surface area contributed by atoms with Gasteiger partial charge in [-0.15, -0.1) is 24.0 Å². The Morgan fingerprint density at radius 1 is 1.13 bits per heavy atom. The molecule has 0 aliphatic heterocycles. The summed E-state index contributed by atoms with van der Waals surface area (Å²) < 4.78 is 12.8. The van der Waals surface area contributed by atoms with E-state index in [0.717, 1.165) is 32.4 Å². The van der Waals surface area contributed by atoms with Crippen LogP contribution in [-0.4, -0.2) is 31.5 Å². The predicted octanol–water partition coefficient (Wildman–Crippen LogP) is 3.13. The van der Waals surface area contributed by atoms with Gasteiger partial charge in [0.05, 0.1) is 0 Å². The number of hydrogen-bond donors (Lipinski definition) is 3. The van der Waals surface area contributed by atoms with Crippen LogP contribution in [0.5, 0.6) is 0 Å². The van der Waals surface area contributed by atoms with E-state index in [9.17, 15) is 9.18 Å². The highest BCUT2D eigenvalue weighted by Crippen LogP contribution is 2.07. The molecular weight excluding hydrogens is 410 g/mol. The topological polar surface area (TPSA) is 65.5 Å². The quantitative estimate of drug-likeness (QED) is 0.254. The van der Waals surface area contributed by atoms with Crippen LogP contribution < -0.4 is 16.0 Å². The van der Waals surface area contributed by atoms with Gasteiger partial charge in [0.15, 0.2) is 5.96 Å². The summed E-state index contributed by atoms with van der Waals surface area (Å²) in [6.07, 6.45) is 3.40. The first-order valence-electron chi connectivity index (χ1n) is 7.73. The fourth-order valence-corrected chi connectivity index (χ4v) is 1.81. The highest BCUT2D eigenvalue weighted by molar-refractivity contribution is 14.0. The lowest BCUT2D eigenvalue weighted by molar-refractivity contribution is -0.114. The maximum absolute atomic E-state index is 12.8. The molecule has 0 saturated heterocycles. The number of aliphatic imine (C=N–C) groups is 1. The fraction of sp³-hybridized carbons (Fsp3) is 0.500. The van der Waals surface area contributed by atoms with Crippen LogP contribution in [0.2, 0.25) is 0 Å². The molecule has 0 aromatic heterocycles. The summed E-state index contributed by atoms with van der Waals surface area (Å²) in [4.78, 5) is 16.0. The Kier molecular flexibility index (Phi) is 12.3. The standard InChI is InChI=1S/C16H25FN4O.HI/c1-3-5-6-11-19-16(18-4-2)20-12-15(22)21-14-9-7-13(17)8-10-14;/h7-10H,3-6,11-12H2,1-2H3,(H,21,22)(H2,18,19,20);1H. The predicted molar refractivity (Wildman–Crippen MR) is 104 cm³/mol. The first-order chi connectivity index (χ1) is 10.7. The monoisotopic (exact) mass is 436 g/mol. The van der Waals surface area contributed by atoms with Crippen LogP contribution in [0.3, 0.4) is 0 Å². The maximum atomic E-state index is 12.8. The zero-order chi connectivity index (χ0) is 16.2. The number of guanidine groups is 1. The van der Waals surface area contributed by atoms with E-state index in [1.807, 2.05) is 6.92 Å². The van der Waals surface area contributed by atoms with E-state index < -0.39 is 0 Å². The van der Waals surface area contributed by atoms with E-state index in [4.69, 9.17) is 0 Å². The number of nitrogens with zero attached hydrogens (tertiary/aromatic N) is 1. The summed E-state index contributed by atoms with van der Waals surface area (Å²) in [5, 5.41) is 8.96. The highest BCUT2D eigenvalue weighted by atomic mass is 127. The van der Waals surface area contributed by atoms with Gasteiger partial charge < -0.3 is 16.0 Å². The minimum absolute atomic E-state index is 0. The third kappa shape index (κ3) is 10.1. The van der Waals surface area contributed by atoms with Gasteiger partial charge in [0.2, 0.25) is 5.91 Å². The third-order valence-corrected chi connectivity index (χ3v) is 2.93. The first-order valence-corrected chi connectivity index (χ1v) is 7.73. The van der Waals surface area contributed by atoms with Crippen LogP contribution in [0.4, 0.5) is 10.1 Å². The third-order valence-electron chi connectivity index (χ3n) is 2.93. The Balaban J connectivity index is 0.00000484. The van der Waals surface area contributed by atoms with Crippen LogP contribution >= 0.6 is 24.0 Å². The van der Waals surface area contributed by atoms with E-state index >= 15 is 0 Å². The number of nitrogens with one attached hydrogen (secondary N) is 3. The highest BCUT2D eigenvalue weighted by Gasteiger charge is 2.03. The van der Waals surface area contributed by atoms with Gasteiger partial charge in [-0.05, 0) is 37.6 Å². The molecule has 7 heteroatoms. The normalized spacial score (nSPS) is 10.7. The molecular formula is C16H26FIN4O. The molecule has 0 atom stereocenters. The molecule has 0 bridgehead atoms. The Bertz CT molecular complexity index is 479. The number of anilines is 1. The van der Waals surface area contributed by atoms with Gasteiger partial charge in [-0.25, -0.2) is 9.38 Å². The Labute approximate surface area is 154 Å². The van der Waals surface area contributed by atoms with Crippen molar-refractivity contribution in [1.82, 2.24) is 10.6 Å². The Morgan fingerprint density at radius 2 is 1.83 bits per heavy atom.